The molecule has 0 saturated carbocycles. The molecule has 0 saturated heterocycles. The van der Waals surface area contributed by atoms with Crippen molar-refractivity contribution in [1.82, 2.24) is 9.78 Å². The van der Waals surface area contributed by atoms with Crippen molar-refractivity contribution in [2.45, 2.75) is 0 Å². The third-order valence-corrected chi connectivity index (χ3v) is 1.97. The van der Waals surface area contributed by atoms with Gasteiger partial charge in [0.25, 0.3) is 0 Å². The number of carboxylic acids is 1. The molecule has 2 aromatic rings. The molecule has 1 aromatic carbocycles. The molecule has 0 amide bonds. The molecule has 6 heteroatoms. The van der Waals surface area contributed by atoms with E-state index >= 15 is 0 Å². The molecule has 0 aliphatic heterocycles. The highest BCUT2D eigenvalue weighted by Crippen LogP contribution is 2.17. The highest BCUT2D eigenvalue weighted by atomic mass is 16.4. The van der Waals surface area contributed by atoms with Gasteiger partial charge in [0.2, 0.25) is 0 Å². The van der Waals surface area contributed by atoms with E-state index in [4.69, 9.17) is 10.2 Å². The number of benzene rings is 1. The van der Waals surface area contributed by atoms with Gasteiger partial charge in [0.05, 0.1) is 5.52 Å². The second-order valence-electron chi connectivity index (χ2n) is 2.87. The maximum atomic E-state index is 10.8. The fraction of sp³-hybridized carbons (Fsp3) is 0. The van der Waals surface area contributed by atoms with Crippen LogP contribution in [-0.2, 0) is 0 Å². The molecule has 0 spiro atoms. The van der Waals surface area contributed by atoms with E-state index in [1.807, 2.05) is 0 Å². The summed E-state index contributed by atoms with van der Waals surface area (Å²) in [6.07, 6.45) is -1.31. The van der Waals surface area contributed by atoms with E-state index in [1.165, 1.54) is 12.1 Å². The lowest BCUT2D eigenvalue weighted by Crippen LogP contribution is -2.10. The lowest BCUT2D eigenvalue weighted by Gasteiger charge is -1.92. The second kappa shape index (κ2) is 3.09. The van der Waals surface area contributed by atoms with E-state index in [9.17, 15) is 9.59 Å². The van der Waals surface area contributed by atoms with Crippen LogP contribution in [0.4, 0.5) is 4.79 Å². The summed E-state index contributed by atoms with van der Waals surface area (Å²) in [6, 6.07) is 6.27. The molecule has 2 rings (SSSR count). The highest BCUT2D eigenvalue weighted by Gasteiger charge is 2.18. The van der Waals surface area contributed by atoms with E-state index in [0.717, 1.165) is 0 Å². The first-order valence-corrected chi connectivity index (χ1v) is 4.05. The van der Waals surface area contributed by atoms with Crippen LogP contribution >= 0.6 is 0 Å². The van der Waals surface area contributed by atoms with Crippen molar-refractivity contribution in [3.05, 3.63) is 30.0 Å². The summed E-state index contributed by atoms with van der Waals surface area (Å²) in [6.45, 7) is 0. The van der Waals surface area contributed by atoms with E-state index < -0.39 is 12.1 Å². The Kier molecular flexibility index (Phi) is 1.89. The lowest BCUT2D eigenvalue weighted by molar-refractivity contribution is 0.0692. The number of aromatic nitrogens is 2. The molecule has 0 radical (unpaired) electrons. The summed E-state index contributed by atoms with van der Waals surface area (Å²) in [5.74, 6) is -1.24. The van der Waals surface area contributed by atoms with Gasteiger partial charge < -0.3 is 10.2 Å². The van der Waals surface area contributed by atoms with Crippen molar-refractivity contribution < 1.29 is 19.8 Å². The van der Waals surface area contributed by atoms with Crippen LogP contribution in [0.2, 0.25) is 0 Å². The van der Waals surface area contributed by atoms with Gasteiger partial charge in [-0.15, -0.1) is 0 Å². The van der Waals surface area contributed by atoms with E-state index in [2.05, 4.69) is 5.10 Å². The molecule has 2 N–H and O–H groups in total. The van der Waals surface area contributed by atoms with Gasteiger partial charge in [-0.3, -0.25) is 0 Å². The first-order valence-electron chi connectivity index (χ1n) is 4.05. The zero-order valence-corrected chi connectivity index (χ0v) is 7.41. The monoisotopic (exact) mass is 206 g/mol. The van der Waals surface area contributed by atoms with Crippen molar-refractivity contribution >= 4 is 23.0 Å². The van der Waals surface area contributed by atoms with Gasteiger partial charge in [-0.25, -0.2) is 9.59 Å². The minimum absolute atomic E-state index is 0.256. The van der Waals surface area contributed by atoms with Crippen LogP contribution in [0, 0.1) is 0 Å². The average molecular weight is 206 g/mol. The van der Waals surface area contributed by atoms with Gasteiger partial charge in [0, 0.05) is 5.39 Å². The standard InChI is InChI=1S/C9H6N2O4/c12-8(13)7-5-3-1-2-4-6(5)11(10-7)9(14)15/h1-4H,(H,12,13)(H,14,15). The van der Waals surface area contributed by atoms with Gasteiger partial charge in [-0.2, -0.15) is 9.78 Å². The lowest BCUT2D eigenvalue weighted by atomic mass is 10.2. The first kappa shape index (κ1) is 9.20. The van der Waals surface area contributed by atoms with Gasteiger partial charge >= 0.3 is 12.1 Å². The van der Waals surface area contributed by atoms with Gasteiger partial charge in [0.1, 0.15) is 0 Å². The Morgan fingerprint density at radius 3 is 2.47 bits per heavy atom. The Bertz CT molecular complexity index is 510. The zero-order chi connectivity index (χ0) is 11.0. The minimum atomic E-state index is -1.31. The van der Waals surface area contributed by atoms with Crippen LogP contribution in [0.5, 0.6) is 0 Å². The van der Waals surface area contributed by atoms with Crippen LogP contribution in [0.1, 0.15) is 10.5 Å². The Morgan fingerprint density at radius 2 is 1.87 bits per heavy atom. The van der Waals surface area contributed by atoms with Crippen LogP contribution < -0.4 is 0 Å². The van der Waals surface area contributed by atoms with Crippen molar-refractivity contribution in [3.63, 3.8) is 0 Å². The zero-order valence-electron chi connectivity index (χ0n) is 7.41. The third-order valence-electron chi connectivity index (χ3n) is 1.97. The molecule has 0 aliphatic rings. The molecule has 1 aromatic heterocycles. The summed E-state index contributed by atoms with van der Waals surface area (Å²) in [7, 11) is 0. The largest absolute Gasteiger partial charge is 0.476 e. The van der Waals surface area contributed by atoms with Crippen molar-refractivity contribution in [3.8, 4) is 0 Å². The van der Waals surface area contributed by atoms with E-state index in [-0.39, 0.29) is 11.2 Å². The predicted molar refractivity (Wildman–Crippen MR) is 50.1 cm³/mol. The van der Waals surface area contributed by atoms with Crippen LogP contribution in [0.15, 0.2) is 24.3 Å². The number of carbonyl (C=O) groups is 2. The molecule has 76 valence electrons. The fourth-order valence-corrected chi connectivity index (χ4v) is 1.37. The average Bonchev–Trinajstić information content (AvgIpc) is 2.56. The smallest absolute Gasteiger partial charge is 0.432 e. The predicted octanol–water partition coefficient (Wildman–Crippen LogP) is 1.26. The summed E-state index contributed by atoms with van der Waals surface area (Å²) in [5, 5.41) is 21.4. The maximum Gasteiger partial charge on any atom is 0.432 e. The van der Waals surface area contributed by atoms with Crippen molar-refractivity contribution in [1.29, 1.82) is 0 Å². The third kappa shape index (κ3) is 1.32. The summed E-state index contributed by atoms with van der Waals surface area (Å²) in [4.78, 5) is 21.5. The number of nitrogens with zero attached hydrogens (tertiary/aromatic N) is 2. The maximum absolute atomic E-state index is 10.8. The normalized spacial score (nSPS) is 10.4. The molecular formula is C9H6N2O4. The van der Waals surface area contributed by atoms with Crippen molar-refractivity contribution in [2.75, 3.05) is 0 Å². The SMILES string of the molecule is O=C(O)c1nn(C(=O)O)c2ccccc12. The summed E-state index contributed by atoms with van der Waals surface area (Å²) >= 11 is 0. The summed E-state index contributed by atoms with van der Waals surface area (Å²) in [5.41, 5.74) is 0.00963. The number of para-hydroxylation sites is 1. The number of aromatic carboxylic acids is 1. The number of hydrogen-bond donors (Lipinski definition) is 2. The molecule has 0 fully saturated rings. The molecule has 0 atom stereocenters. The molecule has 0 bridgehead atoms. The molecule has 0 aliphatic carbocycles. The summed E-state index contributed by atoms with van der Waals surface area (Å²) < 4.78 is 0.652. The topological polar surface area (TPSA) is 92.4 Å². The van der Waals surface area contributed by atoms with Gasteiger partial charge in [-0.1, -0.05) is 18.2 Å². The number of carboxylic acid groups (broad SMARTS) is 2. The first-order chi connectivity index (χ1) is 7.11. The fourth-order valence-electron chi connectivity index (χ4n) is 1.37. The minimum Gasteiger partial charge on any atom is -0.476 e. The number of hydrogen-bond acceptors (Lipinski definition) is 3. The molecule has 1 heterocycles. The molecule has 0 unspecified atom stereocenters. The number of fused-ring (bicyclic) bond motifs is 1. The van der Waals surface area contributed by atoms with Gasteiger partial charge in [0.15, 0.2) is 5.69 Å². The Hall–Kier alpha value is -2.37. The Balaban J connectivity index is 2.85. The molecule has 15 heavy (non-hydrogen) atoms. The number of rotatable bonds is 1. The highest BCUT2D eigenvalue weighted by molar-refractivity contribution is 6.03. The molecule has 6 nitrogen and oxygen atoms in total. The van der Waals surface area contributed by atoms with Crippen LogP contribution in [0.25, 0.3) is 10.9 Å². The van der Waals surface area contributed by atoms with E-state index in [0.29, 0.717) is 10.1 Å². The van der Waals surface area contributed by atoms with Crippen LogP contribution in [0.3, 0.4) is 0 Å². The Morgan fingerprint density at radius 1 is 1.20 bits per heavy atom. The molecular weight excluding hydrogens is 200 g/mol. The quantitative estimate of drug-likeness (QED) is 0.732. The van der Waals surface area contributed by atoms with Crippen molar-refractivity contribution in [2.24, 2.45) is 0 Å². The van der Waals surface area contributed by atoms with Gasteiger partial charge in [-0.05, 0) is 6.07 Å². The van der Waals surface area contributed by atoms with Crippen LogP contribution in [-0.4, -0.2) is 32.1 Å². The second-order valence-corrected chi connectivity index (χ2v) is 2.87. The van der Waals surface area contributed by atoms with E-state index in [1.54, 1.807) is 12.1 Å². The Labute approximate surface area is 83.4 Å².